The molecule has 0 N–H and O–H groups in total. The van der Waals surface area contributed by atoms with Crippen LogP contribution in [-0.2, 0) is 11.2 Å². The van der Waals surface area contributed by atoms with Gasteiger partial charge in [0.25, 0.3) is 0 Å². The summed E-state index contributed by atoms with van der Waals surface area (Å²) in [6.45, 7) is 2.76. The van der Waals surface area contributed by atoms with Crippen molar-refractivity contribution in [3.63, 3.8) is 0 Å². The van der Waals surface area contributed by atoms with Crippen LogP contribution >= 0.6 is 12.6 Å². The van der Waals surface area contributed by atoms with Crippen molar-refractivity contribution in [3.8, 4) is 0 Å². The molecular formula is C11H14N2OS. The molecule has 1 atom stereocenters. The fourth-order valence-electron chi connectivity index (χ4n) is 1.74. The third kappa shape index (κ3) is 2.15. The van der Waals surface area contributed by atoms with Crippen LogP contribution < -0.4 is 4.90 Å². The molecule has 1 aromatic rings. The van der Waals surface area contributed by atoms with Crippen LogP contribution in [0, 0.1) is 0 Å². The van der Waals surface area contributed by atoms with Gasteiger partial charge in [0.1, 0.15) is 5.82 Å². The molecule has 1 fully saturated rings. The van der Waals surface area contributed by atoms with Crippen LogP contribution in [0.4, 0.5) is 5.82 Å². The normalized spacial score (nSPS) is 21.1. The molecule has 3 nitrogen and oxygen atoms in total. The number of carbonyl (C=O) groups excluding carboxylic acids is 1. The Labute approximate surface area is 94.9 Å². The summed E-state index contributed by atoms with van der Waals surface area (Å²) in [5, 5.41) is 0.143. The lowest BCUT2D eigenvalue weighted by atomic mass is 10.2. The lowest BCUT2D eigenvalue weighted by Gasteiger charge is -2.15. The molecule has 0 radical (unpaired) electrons. The number of pyridine rings is 1. The maximum Gasteiger partial charge on any atom is 0.229 e. The highest BCUT2D eigenvalue weighted by Crippen LogP contribution is 2.22. The molecule has 1 aromatic heterocycles. The number of aromatic nitrogens is 1. The zero-order valence-corrected chi connectivity index (χ0v) is 9.58. The van der Waals surface area contributed by atoms with E-state index in [1.807, 2.05) is 12.1 Å². The molecule has 1 unspecified atom stereocenters. The predicted molar refractivity (Wildman–Crippen MR) is 63.4 cm³/mol. The highest BCUT2D eigenvalue weighted by molar-refractivity contribution is 7.81. The van der Waals surface area contributed by atoms with Crippen LogP contribution in [-0.4, -0.2) is 22.7 Å². The van der Waals surface area contributed by atoms with E-state index in [4.69, 9.17) is 0 Å². The number of nitrogens with zero attached hydrogens (tertiary/aromatic N) is 2. The molecule has 0 saturated carbocycles. The first kappa shape index (κ1) is 10.5. The van der Waals surface area contributed by atoms with Gasteiger partial charge >= 0.3 is 0 Å². The van der Waals surface area contributed by atoms with E-state index in [-0.39, 0.29) is 11.2 Å². The van der Waals surface area contributed by atoms with E-state index in [1.54, 1.807) is 11.1 Å². The monoisotopic (exact) mass is 222 g/mol. The number of amides is 1. The number of hydrogen-bond acceptors (Lipinski definition) is 3. The van der Waals surface area contributed by atoms with Gasteiger partial charge in [-0.2, -0.15) is 12.6 Å². The Hall–Kier alpha value is -1.03. The highest BCUT2D eigenvalue weighted by Gasteiger charge is 2.28. The van der Waals surface area contributed by atoms with Crippen LogP contribution in [0.1, 0.15) is 18.9 Å². The Morgan fingerprint density at radius 1 is 1.67 bits per heavy atom. The topological polar surface area (TPSA) is 33.2 Å². The molecule has 0 aliphatic carbocycles. The molecule has 4 heteroatoms. The van der Waals surface area contributed by atoms with Crippen molar-refractivity contribution in [1.82, 2.24) is 4.98 Å². The largest absolute Gasteiger partial charge is 0.296 e. The Bertz CT molecular complexity index is 381. The minimum Gasteiger partial charge on any atom is -0.296 e. The summed E-state index contributed by atoms with van der Waals surface area (Å²) in [5.74, 6) is 0.881. The molecule has 2 heterocycles. The zero-order chi connectivity index (χ0) is 10.8. The summed E-state index contributed by atoms with van der Waals surface area (Å²) in [4.78, 5) is 17.6. The van der Waals surface area contributed by atoms with E-state index in [0.29, 0.717) is 13.0 Å². The fourth-order valence-corrected chi connectivity index (χ4v) is 2.06. The molecular weight excluding hydrogens is 208 g/mol. The van der Waals surface area contributed by atoms with Crippen LogP contribution in [0.2, 0.25) is 0 Å². The summed E-state index contributed by atoms with van der Waals surface area (Å²) in [5.41, 5.74) is 1.20. The summed E-state index contributed by atoms with van der Waals surface area (Å²) in [7, 11) is 0. The third-order valence-corrected chi connectivity index (χ3v) is 2.95. The van der Waals surface area contributed by atoms with Gasteiger partial charge in [-0.25, -0.2) is 4.98 Å². The lowest BCUT2D eigenvalue weighted by Crippen LogP contribution is -2.25. The van der Waals surface area contributed by atoms with E-state index in [0.717, 1.165) is 12.2 Å². The van der Waals surface area contributed by atoms with E-state index in [9.17, 15) is 4.79 Å². The van der Waals surface area contributed by atoms with E-state index >= 15 is 0 Å². The van der Waals surface area contributed by atoms with Crippen molar-refractivity contribution in [2.24, 2.45) is 0 Å². The number of rotatable bonds is 2. The van der Waals surface area contributed by atoms with E-state index in [1.165, 1.54) is 5.56 Å². The average Bonchev–Trinajstić information content (AvgIpc) is 2.58. The average molecular weight is 222 g/mol. The molecule has 1 aliphatic heterocycles. The maximum absolute atomic E-state index is 11.6. The van der Waals surface area contributed by atoms with Gasteiger partial charge in [-0.1, -0.05) is 6.92 Å². The first-order chi connectivity index (χ1) is 7.20. The lowest BCUT2D eigenvalue weighted by molar-refractivity contribution is -0.117. The summed E-state index contributed by atoms with van der Waals surface area (Å²) in [6.07, 6.45) is 3.23. The number of aryl methyl sites for hydroxylation is 1. The maximum atomic E-state index is 11.6. The van der Waals surface area contributed by atoms with Crippen molar-refractivity contribution >= 4 is 24.4 Å². The summed E-state index contributed by atoms with van der Waals surface area (Å²) < 4.78 is 0. The van der Waals surface area contributed by atoms with E-state index in [2.05, 4.69) is 24.5 Å². The quantitative estimate of drug-likeness (QED) is 0.772. The second-order valence-electron chi connectivity index (χ2n) is 3.74. The molecule has 0 aromatic carbocycles. The standard InChI is InChI=1S/C11H14N2OS/c1-2-8-3-4-12-10(5-8)13-7-9(15)6-11(13)14/h3-5,9,15H,2,6-7H2,1H3. The Balaban J connectivity index is 2.25. The van der Waals surface area contributed by atoms with Gasteiger partial charge in [0.15, 0.2) is 0 Å². The Morgan fingerprint density at radius 3 is 3.07 bits per heavy atom. The smallest absolute Gasteiger partial charge is 0.229 e. The zero-order valence-electron chi connectivity index (χ0n) is 8.68. The number of carbonyl (C=O) groups is 1. The molecule has 1 amide bonds. The highest BCUT2D eigenvalue weighted by atomic mass is 32.1. The Morgan fingerprint density at radius 2 is 2.47 bits per heavy atom. The molecule has 1 saturated heterocycles. The van der Waals surface area contributed by atoms with Gasteiger partial charge < -0.3 is 0 Å². The molecule has 80 valence electrons. The van der Waals surface area contributed by atoms with Crippen molar-refractivity contribution in [2.75, 3.05) is 11.4 Å². The van der Waals surface area contributed by atoms with Gasteiger partial charge in [-0.3, -0.25) is 9.69 Å². The van der Waals surface area contributed by atoms with Crippen molar-refractivity contribution in [3.05, 3.63) is 23.9 Å². The number of anilines is 1. The fraction of sp³-hybridized carbons (Fsp3) is 0.455. The molecule has 0 bridgehead atoms. The molecule has 2 rings (SSSR count). The SMILES string of the molecule is CCc1ccnc(N2CC(S)CC2=O)c1. The first-order valence-corrected chi connectivity index (χ1v) is 5.65. The second kappa shape index (κ2) is 4.23. The van der Waals surface area contributed by atoms with E-state index < -0.39 is 0 Å². The number of thiol groups is 1. The van der Waals surface area contributed by atoms with Crippen LogP contribution in [0.25, 0.3) is 0 Å². The van der Waals surface area contributed by atoms with Gasteiger partial charge in [0.2, 0.25) is 5.91 Å². The van der Waals surface area contributed by atoms with Crippen LogP contribution in [0.3, 0.4) is 0 Å². The van der Waals surface area contributed by atoms with Gasteiger partial charge in [0, 0.05) is 24.4 Å². The number of hydrogen-bond donors (Lipinski definition) is 1. The van der Waals surface area contributed by atoms with Gasteiger partial charge in [0.05, 0.1) is 0 Å². The molecule has 0 spiro atoms. The van der Waals surface area contributed by atoms with Crippen LogP contribution in [0.15, 0.2) is 18.3 Å². The van der Waals surface area contributed by atoms with Gasteiger partial charge in [-0.05, 0) is 24.1 Å². The van der Waals surface area contributed by atoms with Crippen LogP contribution in [0.5, 0.6) is 0 Å². The molecule has 15 heavy (non-hydrogen) atoms. The Kier molecular flexibility index (Phi) is 2.95. The minimum atomic E-state index is 0.121. The minimum absolute atomic E-state index is 0.121. The van der Waals surface area contributed by atoms with Crippen molar-refractivity contribution in [2.45, 2.75) is 25.0 Å². The first-order valence-electron chi connectivity index (χ1n) is 5.14. The molecule has 1 aliphatic rings. The van der Waals surface area contributed by atoms with Crippen molar-refractivity contribution in [1.29, 1.82) is 0 Å². The predicted octanol–water partition coefficient (Wildman–Crippen LogP) is 1.68. The second-order valence-corrected chi connectivity index (χ2v) is 4.47. The van der Waals surface area contributed by atoms with Crippen molar-refractivity contribution < 1.29 is 4.79 Å². The summed E-state index contributed by atoms with van der Waals surface area (Å²) in [6, 6.07) is 3.95. The van der Waals surface area contributed by atoms with Gasteiger partial charge in [-0.15, -0.1) is 0 Å². The third-order valence-electron chi connectivity index (χ3n) is 2.60. The summed E-state index contributed by atoms with van der Waals surface area (Å²) >= 11 is 4.32.